The number of rotatable bonds is 5. The van der Waals surface area contributed by atoms with Crippen molar-refractivity contribution in [2.24, 2.45) is 5.41 Å². The van der Waals surface area contributed by atoms with Crippen LogP contribution in [0.3, 0.4) is 0 Å². The Morgan fingerprint density at radius 2 is 2.08 bits per heavy atom. The highest BCUT2D eigenvalue weighted by Crippen LogP contribution is 2.45. The summed E-state index contributed by atoms with van der Waals surface area (Å²) >= 11 is 0. The molecule has 0 spiro atoms. The minimum atomic E-state index is 0.367. The number of hydrogen-bond donors (Lipinski definition) is 1. The van der Waals surface area contributed by atoms with Crippen molar-refractivity contribution in [3.8, 4) is 0 Å². The molecule has 3 unspecified atom stereocenters. The molecule has 1 fully saturated rings. The van der Waals surface area contributed by atoms with Crippen LogP contribution >= 0.6 is 0 Å². The van der Waals surface area contributed by atoms with E-state index in [4.69, 9.17) is 4.74 Å². The quantitative estimate of drug-likeness (QED) is 0.709. The molecule has 0 aromatic carbocycles. The Morgan fingerprint density at radius 3 is 2.54 bits per heavy atom. The van der Waals surface area contributed by atoms with Gasteiger partial charge in [0, 0.05) is 18.1 Å². The van der Waals surface area contributed by atoms with Crippen molar-refractivity contribution in [2.75, 3.05) is 13.2 Å². The monoisotopic (exact) mass is 185 g/mol. The van der Waals surface area contributed by atoms with Crippen LogP contribution in [0.25, 0.3) is 0 Å². The summed E-state index contributed by atoms with van der Waals surface area (Å²) in [4.78, 5) is 0. The molecule has 0 heterocycles. The van der Waals surface area contributed by atoms with Crippen LogP contribution in [-0.4, -0.2) is 25.3 Å². The Morgan fingerprint density at radius 1 is 1.38 bits per heavy atom. The molecule has 1 aliphatic rings. The lowest BCUT2D eigenvalue weighted by Crippen LogP contribution is -2.62. The van der Waals surface area contributed by atoms with Crippen molar-refractivity contribution in [3.05, 3.63) is 0 Å². The molecule has 1 saturated carbocycles. The lowest BCUT2D eigenvalue weighted by Gasteiger charge is -2.53. The Labute approximate surface area is 82.0 Å². The summed E-state index contributed by atoms with van der Waals surface area (Å²) in [7, 11) is 0. The first kappa shape index (κ1) is 11.0. The van der Waals surface area contributed by atoms with Crippen molar-refractivity contribution in [3.63, 3.8) is 0 Å². The molecule has 0 aromatic heterocycles. The molecule has 1 aliphatic carbocycles. The lowest BCUT2D eigenvalue weighted by atomic mass is 9.61. The Kier molecular flexibility index (Phi) is 3.74. The maximum atomic E-state index is 5.72. The second-order valence-corrected chi connectivity index (χ2v) is 4.15. The third kappa shape index (κ3) is 1.89. The van der Waals surface area contributed by atoms with Crippen LogP contribution in [0.15, 0.2) is 0 Å². The molecule has 3 atom stereocenters. The summed E-state index contributed by atoms with van der Waals surface area (Å²) in [6.07, 6.45) is 2.87. The maximum absolute atomic E-state index is 5.72. The molecule has 13 heavy (non-hydrogen) atoms. The van der Waals surface area contributed by atoms with Gasteiger partial charge in [-0.05, 0) is 26.3 Å². The molecule has 0 bridgehead atoms. The first-order valence-corrected chi connectivity index (χ1v) is 5.54. The van der Waals surface area contributed by atoms with Gasteiger partial charge in [0.2, 0.25) is 0 Å². The SMILES string of the molecule is CCNC1CC(OCC)C1(C)CC. The van der Waals surface area contributed by atoms with E-state index >= 15 is 0 Å². The Hall–Kier alpha value is -0.0800. The van der Waals surface area contributed by atoms with Gasteiger partial charge in [-0.15, -0.1) is 0 Å². The van der Waals surface area contributed by atoms with E-state index in [0.717, 1.165) is 13.2 Å². The second-order valence-electron chi connectivity index (χ2n) is 4.15. The van der Waals surface area contributed by atoms with Crippen molar-refractivity contribution >= 4 is 0 Å². The minimum absolute atomic E-state index is 0.367. The predicted octanol–water partition coefficient (Wildman–Crippen LogP) is 2.19. The van der Waals surface area contributed by atoms with Crippen LogP contribution < -0.4 is 5.32 Å². The van der Waals surface area contributed by atoms with E-state index in [9.17, 15) is 0 Å². The second kappa shape index (κ2) is 4.43. The highest BCUT2D eigenvalue weighted by Gasteiger charge is 2.50. The standard InChI is InChI=1S/C11H23NO/c1-5-11(4)9(12-6-2)8-10(11)13-7-3/h9-10,12H,5-8H2,1-4H3. The van der Waals surface area contributed by atoms with Gasteiger partial charge in [-0.25, -0.2) is 0 Å². The van der Waals surface area contributed by atoms with Crippen molar-refractivity contribution in [2.45, 2.75) is 52.7 Å². The normalized spacial score (nSPS) is 38.8. The van der Waals surface area contributed by atoms with Gasteiger partial charge in [0.05, 0.1) is 6.10 Å². The fourth-order valence-corrected chi connectivity index (χ4v) is 2.31. The van der Waals surface area contributed by atoms with E-state index in [1.54, 1.807) is 0 Å². The Bertz CT molecular complexity index is 146. The lowest BCUT2D eigenvalue weighted by molar-refractivity contribution is -0.125. The van der Waals surface area contributed by atoms with Crippen molar-refractivity contribution < 1.29 is 4.74 Å². The van der Waals surface area contributed by atoms with E-state index in [-0.39, 0.29) is 0 Å². The number of nitrogens with one attached hydrogen (secondary N) is 1. The largest absolute Gasteiger partial charge is 0.378 e. The summed E-state index contributed by atoms with van der Waals surface area (Å²) in [6.45, 7) is 10.8. The van der Waals surface area contributed by atoms with E-state index in [0.29, 0.717) is 17.6 Å². The molecule has 2 nitrogen and oxygen atoms in total. The van der Waals surface area contributed by atoms with Crippen molar-refractivity contribution in [1.82, 2.24) is 5.32 Å². The number of ether oxygens (including phenoxy) is 1. The molecule has 1 rings (SSSR count). The van der Waals surface area contributed by atoms with Crippen LogP contribution in [0.5, 0.6) is 0 Å². The molecular weight excluding hydrogens is 162 g/mol. The molecule has 2 heteroatoms. The minimum Gasteiger partial charge on any atom is -0.378 e. The van der Waals surface area contributed by atoms with Gasteiger partial charge < -0.3 is 10.1 Å². The van der Waals surface area contributed by atoms with Gasteiger partial charge in [-0.1, -0.05) is 20.8 Å². The molecule has 0 radical (unpaired) electrons. The van der Waals surface area contributed by atoms with E-state index in [2.05, 4.69) is 33.0 Å². The zero-order chi connectivity index (χ0) is 9.90. The van der Waals surface area contributed by atoms with Gasteiger partial charge in [0.1, 0.15) is 0 Å². The first-order chi connectivity index (χ1) is 6.19. The molecule has 0 aromatic rings. The Balaban J connectivity index is 2.47. The van der Waals surface area contributed by atoms with Gasteiger partial charge in [-0.3, -0.25) is 0 Å². The summed E-state index contributed by atoms with van der Waals surface area (Å²) in [6, 6.07) is 0.666. The van der Waals surface area contributed by atoms with Crippen LogP contribution in [0.4, 0.5) is 0 Å². The highest BCUT2D eigenvalue weighted by atomic mass is 16.5. The predicted molar refractivity (Wildman–Crippen MR) is 55.9 cm³/mol. The zero-order valence-electron chi connectivity index (χ0n) is 9.39. The molecule has 1 N–H and O–H groups in total. The third-order valence-electron chi connectivity index (χ3n) is 3.56. The summed E-state index contributed by atoms with van der Waals surface area (Å²) in [5.74, 6) is 0. The van der Waals surface area contributed by atoms with E-state index in [1.165, 1.54) is 12.8 Å². The van der Waals surface area contributed by atoms with Gasteiger partial charge in [-0.2, -0.15) is 0 Å². The highest BCUT2D eigenvalue weighted by molar-refractivity contribution is 5.04. The van der Waals surface area contributed by atoms with Gasteiger partial charge in [0.25, 0.3) is 0 Å². The van der Waals surface area contributed by atoms with Gasteiger partial charge >= 0.3 is 0 Å². The average Bonchev–Trinajstić information content (AvgIpc) is 2.15. The van der Waals surface area contributed by atoms with Gasteiger partial charge in [0.15, 0.2) is 0 Å². The van der Waals surface area contributed by atoms with Crippen molar-refractivity contribution in [1.29, 1.82) is 0 Å². The van der Waals surface area contributed by atoms with Crippen LogP contribution in [0.2, 0.25) is 0 Å². The topological polar surface area (TPSA) is 21.3 Å². The van der Waals surface area contributed by atoms with Crippen LogP contribution in [0.1, 0.15) is 40.5 Å². The zero-order valence-corrected chi connectivity index (χ0v) is 9.39. The fraction of sp³-hybridized carbons (Fsp3) is 1.00. The summed E-state index contributed by atoms with van der Waals surface area (Å²) in [5, 5.41) is 3.53. The third-order valence-corrected chi connectivity index (χ3v) is 3.56. The van der Waals surface area contributed by atoms with Crippen LogP contribution in [0, 0.1) is 5.41 Å². The number of hydrogen-bond acceptors (Lipinski definition) is 2. The average molecular weight is 185 g/mol. The summed E-state index contributed by atoms with van der Waals surface area (Å²) in [5.41, 5.74) is 0.367. The van der Waals surface area contributed by atoms with E-state index in [1.807, 2.05) is 0 Å². The van der Waals surface area contributed by atoms with E-state index < -0.39 is 0 Å². The first-order valence-electron chi connectivity index (χ1n) is 5.54. The molecule has 0 aliphatic heterocycles. The molecule has 0 saturated heterocycles. The molecule has 0 amide bonds. The summed E-state index contributed by atoms with van der Waals surface area (Å²) < 4.78 is 5.72. The van der Waals surface area contributed by atoms with Crippen LogP contribution in [-0.2, 0) is 4.74 Å². The molecule has 78 valence electrons. The smallest absolute Gasteiger partial charge is 0.0658 e. The fourth-order valence-electron chi connectivity index (χ4n) is 2.31. The molecular formula is C11H23NO. The maximum Gasteiger partial charge on any atom is 0.0658 e.